The van der Waals surface area contributed by atoms with Crippen LogP contribution in [0.15, 0.2) is 24.5 Å². The van der Waals surface area contributed by atoms with Gasteiger partial charge in [-0.25, -0.2) is 27.5 Å². The van der Waals surface area contributed by atoms with Crippen molar-refractivity contribution in [2.45, 2.75) is 31.0 Å². The van der Waals surface area contributed by atoms with Crippen molar-refractivity contribution in [1.29, 1.82) is 0 Å². The minimum Gasteiger partial charge on any atom is -0.486 e. The predicted molar refractivity (Wildman–Crippen MR) is 116 cm³/mol. The van der Waals surface area contributed by atoms with Gasteiger partial charge in [0, 0.05) is 37.7 Å². The van der Waals surface area contributed by atoms with Crippen LogP contribution in [0, 0.1) is 5.82 Å². The smallest absolute Gasteiger partial charge is 0.341 e. The van der Waals surface area contributed by atoms with Crippen LogP contribution in [-0.2, 0) is 17.7 Å². The van der Waals surface area contributed by atoms with E-state index in [1.54, 1.807) is 0 Å². The molecule has 186 valence electrons. The molecular formula is C22H22F3N5O5. The Balaban J connectivity index is 1.60. The molecule has 0 radical (unpaired) electrons. The van der Waals surface area contributed by atoms with E-state index in [2.05, 4.69) is 10.1 Å². The lowest BCUT2D eigenvalue weighted by atomic mass is 9.97. The molecule has 13 heteroatoms. The zero-order valence-corrected chi connectivity index (χ0v) is 18.6. The Labute approximate surface area is 197 Å². The van der Waals surface area contributed by atoms with E-state index in [0.717, 1.165) is 6.20 Å². The molecule has 0 bridgehead atoms. The normalized spacial score (nSPS) is 21.1. The van der Waals surface area contributed by atoms with Crippen LogP contribution in [0.5, 0.6) is 11.5 Å². The SMILES string of the molecule is COCC1(CN)Cc2cc(F)cc(CN3c4nc5c(C(=O)O)cnn5cc4OC[C@H]3C(F)F)c2O1. The van der Waals surface area contributed by atoms with Crippen LogP contribution in [0.2, 0.25) is 0 Å². The fourth-order valence-corrected chi connectivity index (χ4v) is 4.56. The molecular weight excluding hydrogens is 471 g/mol. The summed E-state index contributed by atoms with van der Waals surface area (Å²) >= 11 is 0. The third kappa shape index (κ3) is 3.90. The van der Waals surface area contributed by atoms with Crippen molar-refractivity contribution in [3.63, 3.8) is 0 Å². The van der Waals surface area contributed by atoms with Gasteiger partial charge >= 0.3 is 5.97 Å². The second-order valence-corrected chi connectivity index (χ2v) is 8.55. The number of nitrogens with zero attached hydrogens (tertiary/aromatic N) is 4. The first kappa shape index (κ1) is 23.2. The Kier molecular flexibility index (Phi) is 5.68. The van der Waals surface area contributed by atoms with E-state index in [0.29, 0.717) is 23.3 Å². The Bertz CT molecular complexity index is 1300. The van der Waals surface area contributed by atoms with Crippen LogP contribution < -0.4 is 20.1 Å². The number of ether oxygens (including phenoxy) is 3. The fraction of sp³-hybridized carbons (Fsp3) is 0.409. The fourth-order valence-electron chi connectivity index (χ4n) is 4.56. The highest BCUT2D eigenvalue weighted by atomic mass is 19.3. The molecule has 2 aromatic heterocycles. The molecule has 0 fully saturated rings. The van der Waals surface area contributed by atoms with Gasteiger partial charge in [0.2, 0.25) is 0 Å². The van der Waals surface area contributed by atoms with E-state index in [1.807, 2.05) is 0 Å². The number of rotatable bonds is 7. The molecule has 0 spiro atoms. The first-order chi connectivity index (χ1) is 16.7. The Hall–Kier alpha value is -3.58. The van der Waals surface area contributed by atoms with Crippen molar-refractivity contribution in [1.82, 2.24) is 14.6 Å². The maximum Gasteiger partial charge on any atom is 0.341 e. The van der Waals surface area contributed by atoms with Crippen LogP contribution in [0.1, 0.15) is 21.5 Å². The average molecular weight is 493 g/mol. The van der Waals surface area contributed by atoms with Crippen molar-refractivity contribution in [2.24, 2.45) is 5.73 Å². The summed E-state index contributed by atoms with van der Waals surface area (Å²) < 4.78 is 60.8. The first-order valence-corrected chi connectivity index (χ1v) is 10.7. The molecule has 10 nitrogen and oxygen atoms in total. The number of anilines is 1. The monoisotopic (exact) mass is 493 g/mol. The third-order valence-corrected chi connectivity index (χ3v) is 6.20. The largest absolute Gasteiger partial charge is 0.486 e. The average Bonchev–Trinajstić information content (AvgIpc) is 3.39. The van der Waals surface area contributed by atoms with Gasteiger partial charge in [0.05, 0.1) is 19.0 Å². The van der Waals surface area contributed by atoms with Gasteiger partial charge in [0.15, 0.2) is 17.2 Å². The highest BCUT2D eigenvalue weighted by Gasteiger charge is 2.42. The topological polar surface area (TPSA) is 124 Å². The van der Waals surface area contributed by atoms with Crippen molar-refractivity contribution in [2.75, 3.05) is 31.8 Å². The number of methoxy groups -OCH3 is 1. The number of hydrogen-bond acceptors (Lipinski definition) is 8. The summed E-state index contributed by atoms with van der Waals surface area (Å²) in [7, 11) is 1.50. The van der Waals surface area contributed by atoms with Gasteiger partial charge in [-0.15, -0.1) is 0 Å². The summed E-state index contributed by atoms with van der Waals surface area (Å²) in [5.41, 5.74) is 5.65. The standard InChI is InChI=1S/C22H22F3N5O5/c1-33-10-22(9-26)4-11-2-13(23)3-12(17(11)35-22)6-29-15(18(24)25)8-34-16-7-30-19(28-20(16)29)14(5-27-30)21(31)32/h2-3,5,7,15,18H,4,6,8-10,26H2,1H3,(H,31,32)/t15-,22?/m0/s1. The number of nitrogens with two attached hydrogens (primary N) is 1. The molecule has 3 aromatic rings. The van der Waals surface area contributed by atoms with E-state index in [1.165, 1.54) is 34.9 Å². The number of alkyl halides is 2. The molecule has 0 saturated carbocycles. The van der Waals surface area contributed by atoms with Gasteiger partial charge in [0.25, 0.3) is 6.43 Å². The maximum atomic E-state index is 14.6. The molecule has 1 unspecified atom stereocenters. The molecule has 0 amide bonds. The summed E-state index contributed by atoms with van der Waals surface area (Å²) in [5, 5.41) is 13.4. The lowest BCUT2D eigenvalue weighted by molar-refractivity contribution is 0.0124. The molecule has 2 aliphatic heterocycles. The number of aromatic carboxylic acids is 1. The minimum absolute atomic E-state index is 0.00459. The van der Waals surface area contributed by atoms with Crippen molar-refractivity contribution in [3.05, 3.63) is 47.0 Å². The highest BCUT2D eigenvalue weighted by molar-refractivity contribution is 5.94. The molecule has 0 saturated heterocycles. The predicted octanol–water partition coefficient (Wildman–Crippen LogP) is 1.88. The van der Waals surface area contributed by atoms with Crippen LogP contribution >= 0.6 is 0 Å². The summed E-state index contributed by atoms with van der Waals surface area (Å²) in [4.78, 5) is 17.1. The molecule has 2 atom stereocenters. The van der Waals surface area contributed by atoms with E-state index < -0.39 is 29.9 Å². The van der Waals surface area contributed by atoms with Gasteiger partial charge in [-0.2, -0.15) is 5.10 Å². The van der Waals surface area contributed by atoms with Gasteiger partial charge in [-0.1, -0.05) is 0 Å². The van der Waals surface area contributed by atoms with Crippen molar-refractivity contribution < 1.29 is 37.3 Å². The molecule has 1 aromatic carbocycles. The number of hydrogen-bond donors (Lipinski definition) is 2. The van der Waals surface area contributed by atoms with Gasteiger partial charge in [0.1, 0.15) is 35.4 Å². The van der Waals surface area contributed by atoms with Crippen LogP contribution in [0.4, 0.5) is 19.0 Å². The number of carboxylic acids is 1. The van der Waals surface area contributed by atoms with Gasteiger partial charge < -0.3 is 30.0 Å². The highest BCUT2D eigenvalue weighted by Crippen LogP contribution is 2.42. The van der Waals surface area contributed by atoms with E-state index in [-0.39, 0.29) is 49.1 Å². The number of carbonyl (C=O) groups is 1. The van der Waals surface area contributed by atoms with Gasteiger partial charge in [-0.3, -0.25) is 0 Å². The Morgan fingerprint density at radius 2 is 2.23 bits per heavy atom. The number of fused-ring (bicyclic) bond motifs is 3. The summed E-state index contributed by atoms with van der Waals surface area (Å²) in [6.45, 7) is -0.286. The number of benzene rings is 1. The lowest BCUT2D eigenvalue weighted by Crippen LogP contribution is -2.48. The molecule has 5 rings (SSSR count). The van der Waals surface area contributed by atoms with Crippen LogP contribution in [0.3, 0.4) is 0 Å². The van der Waals surface area contributed by atoms with Crippen molar-refractivity contribution >= 4 is 17.4 Å². The molecule has 35 heavy (non-hydrogen) atoms. The maximum absolute atomic E-state index is 14.6. The summed E-state index contributed by atoms with van der Waals surface area (Å²) in [6, 6.07) is 1.12. The lowest BCUT2D eigenvalue weighted by Gasteiger charge is -2.37. The summed E-state index contributed by atoms with van der Waals surface area (Å²) in [5.74, 6) is -1.34. The second-order valence-electron chi connectivity index (χ2n) is 8.55. The van der Waals surface area contributed by atoms with Crippen molar-refractivity contribution in [3.8, 4) is 11.5 Å². The number of aromatic nitrogens is 3. The quantitative estimate of drug-likeness (QED) is 0.508. The molecule has 0 aliphatic carbocycles. The third-order valence-electron chi connectivity index (χ3n) is 6.20. The number of carboxylic acid groups (broad SMARTS) is 1. The van der Waals surface area contributed by atoms with E-state index in [9.17, 15) is 23.1 Å². The second kappa shape index (κ2) is 8.57. The van der Waals surface area contributed by atoms with Gasteiger partial charge in [-0.05, 0) is 12.1 Å². The zero-order valence-electron chi connectivity index (χ0n) is 18.6. The molecule has 4 heterocycles. The molecule has 2 aliphatic rings. The Morgan fingerprint density at radius 3 is 2.91 bits per heavy atom. The van der Waals surface area contributed by atoms with Crippen LogP contribution in [-0.4, -0.2) is 70.6 Å². The van der Waals surface area contributed by atoms with E-state index >= 15 is 0 Å². The summed E-state index contributed by atoms with van der Waals surface area (Å²) in [6.07, 6.45) is -0.0418. The zero-order chi connectivity index (χ0) is 24.9. The molecule has 3 N–H and O–H groups in total. The number of halogens is 3. The van der Waals surface area contributed by atoms with Crippen LogP contribution in [0.25, 0.3) is 5.65 Å². The first-order valence-electron chi connectivity index (χ1n) is 10.7. The minimum atomic E-state index is -2.83. The Morgan fingerprint density at radius 1 is 1.43 bits per heavy atom. The van der Waals surface area contributed by atoms with E-state index in [4.69, 9.17) is 19.9 Å².